The number of nitrogens with two attached hydrogens (primary N) is 1. The fraction of sp³-hybridized carbons (Fsp3) is 0.545. The molecule has 0 aliphatic rings. The Morgan fingerprint density at radius 2 is 2.50 bits per heavy atom. The normalized spacial score (nSPS) is 12.4. The first-order chi connectivity index (χ1) is 7.74. The average molecular weight is 226 g/mol. The van der Waals surface area contributed by atoms with Crippen LogP contribution in [0.3, 0.4) is 0 Å². The Labute approximate surface area is 94.9 Å². The minimum atomic E-state index is -0.503. The Kier molecular flexibility index (Phi) is 5.60. The third-order valence-corrected chi connectivity index (χ3v) is 2.22. The molecule has 3 N–H and O–H groups in total. The van der Waals surface area contributed by atoms with Crippen molar-refractivity contribution in [3.63, 3.8) is 0 Å². The van der Waals surface area contributed by atoms with Crippen LogP contribution >= 0.6 is 0 Å². The van der Waals surface area contributed by atoms with Crippen molar-refractivity contribution in [3.8, 4) is 0 Å². The molecule has 1 aromatic heterocycles. The van der Waals surface area contributed by atoms with Crippen LogP contribution in [0, 0.1) is 0 Å². The van der Waals surface area contributed by atoms with Gasteiger partial charge in [0, 0.05) is 26.7 Å². The highest BCUT2D eigenvalue weighted by molar-refractivity contribution is 5.81. The number of ether oxygens (including phenoxy) is 1. The van der Waals surface area contributed by atoms with E-state index < -0.39 is 6.04 Å². The molecule has 5 heteroatoms. The smallest absolute Gasteiger partial charge is 0.237 e. The molecule has 0 saturated carbocycles. The van der Waals surface area contributed by atoms with E-state index in [1.54, 1.807) is 13.4 Å². The quantitative estimate of drug-likeness (QED) is 0.701. The summed E-state index contributed by atoms with van der Waals surface area (Å²) >= 11 is 0. The molecule has 0 aromatic carbocycles. The maximum Gasteiger partial charge on any atom is 0.237 e. The van der Waals surface area contributed by atoms with Crippen LogP contribution in [-0.2, 0) is 16.0 Å². The van der Waals surface area contributed by atoms with Gasteiger partial charge in [-0.05, 0) is 18.6 Å². The van der Waals surface area contributed by atoms with Crippen LogP contribution in [0.1, 0.15) is 12.2 Å². The molecule has 1 unspecified atom stereocenters. The lowest BCUT2D eigenvalue weighted by Gasteiger charge is -2.10. The SMILES string of the molecule is COCCC(N)C(=O)NCCc1ccco1. The molecule has 1 rings (SSSR count). The van der Waals surface area contributed by atoms with E-state index in [0.717, 1.165) is 5.76 Å². The van der Waals surface area contributed by atoms with E-state index >= 15 is 0 Å². The number of furan rings is 1. The van der Waals surface area contributed by atoms with Crippen molar-refractivity contribution >= 4 is 5.91 Å². The predicted molar refractivity (Wildman–Crippen MR) is 59.9 cm³/mol. The first-order valence-electron chi connectivity index (χ1n) is 5.28. The molecule has 16 heavy (non-hydrogen) atoms. The Morgan fingerprint density at radius 1 is 1.69 bits per heavy atom. The summed E-state index contributed by atoms with van der Waals surface area (Å²) in [5.74, 6) is 0.703. The van der Waals surface area contributed by atoms with Crippen LogP contribution in [-0.4, -0.2) is 32.2 Å². The van der Waals surface area contributed by atoms with E-state index in [4.69, 9.17) is 14.9 Å². The number of carbonyl (C=O) groups is 1. The molecule has 0 spiro atoms. The minimum absolute atomic E-state index is 0.149. The molecule has 0 saturated heterocycles. The van der Waals surface area contributed by atoms with Crippen molar-refractivity contribution in [2.24, 2.45) is 5.73 Å². The topological polar surface area (TPSA) is 77.5 Å². The third-order valence-electron chi connectivity index (χ3n) is 2.22. The van der Waals surface area contributed by atoms with Gasteiger partial charge < -0.3 is 20.2 Å². The maximum atomic E-state index is 11.5. The van der Waals surface area contributed by atoms with Crippen molar-refractivity contribution < 1.29 is 13.9 Å². The van der Waals surface area contributed by atoms with E-state index in [1.165, 1.54) is 0 Å². The van der Waals surface area contributed by atoms with Gasteiger partial charge in [-0.25, -0.2) is 0 Å². The van der Waals surface area contributed by atoms with Gasteiger partial charge in [-0.3, -0.25) is 4.79 Å². The standard InChI is InChI=1S/C11H18N2O3/c1-15-8-5-10(12)11(14)13-6-4-9-3-2-7-16-9/h2-3,7,10H,4-6,8,12H2,1H3,(H,13,14). The van der Waals surface area contributed by atoms with Crippen molar-refractivity contribution in [1.29, 1.82) is 0 Å². The first kappa shape index (κ1) is 12.7. The van der Waals surface area contributed by atoms with E-state index in [1.807, 2.05) is 12.1 Å². The van der Waals surface area contributed by atoms with Crippen LogP contribution in [0.5, 0.6) is 0 Å². The lowest BCUT2D eigenvalue weighted by molar-refractivity contribution is -0.122. The van der Waals surface area contributed by atoms with E-state index in [9.17, 15) is 4.79 Å². The van der Waals surface area contributed by atoms with Gasteiger partial charge in [0.2, 0.25) is 5.91 Å². The van der Waals surface area contributed by atoms with Gasteiger partial charge in [-0.15, -0.1) is 0 Å². The van der Waals surface area contributed by atoms with Gasteiger partial charge in [0.05, 0.1) is 12.3 Å². The van der Waals surface area contributed by atoms with E-state index in [2.05, 4.69) is 5.32 Å². The number of methoxy groups -OCH3 is 1. The highest BCUT2D eigenvalue weighted by Gasteiger charge is 2.12. The summed E-state index contributed by atoms with van der Waals surface area (Å²) in [4.78, 5) is 11.5. The van der Waals surface area contributed by atoms with Gasteiger partial charge in [0.25, 0.3) is 0 Å². The maximum absolute atomic E-state index is 11.5. The summed E-state index contributed by atoms with van der Waals surface area (Å²) in [6, 6.07) is 3.19. The van der Waals surface area contributed by atoms with E-state index in [0.29, 0.717) is 26.0 Å². The zero-order valence-electron chi connectivity index (χ0n) is 9.44. The van der Waals surface area contributed by atoms with Gasteiger partial charge in [-0.2, -0.15) is 0 Å². The Morgan fingerprint density at radius 3 is 3.12 bits per heavy atom. The van der Waals surface area contributed by atoms with Gasteiger partial charge >= 0.3 is 0 Å². The van der Waals surface area contributed by atoms with Crippen LogP contribution in [0.15, 0.2) is 22.8 Å². The monoisotopic (exact) mass is 226 g/mol. The molecule has 90 valence electrons. The van der Waals surface area contributed by atoms with Crippen LogP contribution in [0.4, 0.5) is 0 Å². The van der Waals surface area contributed by atoms with Crippen molar-refractivity contribution in [1.82, 2.24) is 5.32 Å². The Balaban J connectivity index is 2.14. The summed E-state index contributed by atoms with van der Waals surface area (Å²) in [5, 5.41) is 2.75. The fourth-order valence-electron chi connectivity index (χ4n) is 1.27. The molecule has 1 aromatic rings. The Hall–Kier alpha value is -1.33. The number of carbonyl (C=O) groups excluding carboxylic acids is 1. The molecular weight excluding hydrogens is 208 g/mol. The zero-order valence-corrected chi connectivity index (χ0v) is 9.44. The molecule has 1 amide bonds. The largest absolute Gasteiger partial charge is 0.469 e. The van der Waals surface area contributed by atoms with Crippen molar-refractivity contribution in [2.75, 3.05) is 20.3 Å². The third kappa shape index (κ3) is 4.46. The zero-order chi connectivity index (χ0) is 11.8. The first-order valence-corrected chi connectivity index (χ1v) is 5.28. The number of hydrogen-bond donors (Lipinski definition) is 2. The van der Waals surface area contributed by atoms with Gasteiger partial charge in [0.15, 0.2) is 0 Å². The molecule has 1 heterocycles. The fourth-order valence-corrected chi connectivity index (χ4v) is 1.27. The molecular formula is C11H18N2O3. The summed E-state index contributed by atoms with van der Waals surface area (Å²) < 4.78 is 9.99. The summed E-state index contributed by atoms with van der Waals surface area (Å²) in [6.07, 6.45) is 2.82. The molecule has 0 aliphatic heterocycles. The van der Waals surface area contributed by atoms with Gasteiger partial charge in [0.1, 0.15) is 5.76 Å². The predicted octanol–water partition coefficient (Wildman–Crippen LogP) is 0.302. The summed E-state index contributed by atoms with van der Waals surface area (Å²) in [6.45, 7) is 1.03. The second kappa shape index (κ2) is 7.03. The van der Waals surface area contributed by atoms with Gasteiger partial charge in [-0.1, -0.05) is 0 Å². The second-order valence-corrected chi connectivity index (χ2v) is 3.51. The lowest BCUT2D eigenvalue weighted by Crippen LogP contribution is -2.41. The highest BCUT2D eigenvalue weighted by Crippen LogP contribution is 1.99. The van der Waals surface area contributed by atoms with Crippen molar-refractivity contribution in [2.45, 2.75) is 18.9 Å². The van der Waals surface area contributed by atoms with E-state index in [-0.39, 0.29) is 5.91 Å². The average Bonchev–Trinajstić information content (AvgIpc) is 2.78. The van der Waals surface area contributed by atoms with Crippen molar-refractivity contribution in [3.05, 3.63) is 24.2 Å². The highest BCUT2D eigenvalue weighted by atomic mass is 16.5. The molecule has 5 nitrogen and oxygen atoms in total. The molecule has 0 aliphatic carbocycles. The van der Waals surface area contributed by atoms with Crippen LogP contribution in [0.2, 0.25) is 0 Å². The summed E-state index contributed by atoms with van der Waals surface area (Å²) in [5.41, 5.74) is 5.65. The molecule has 1 atom stereocenters. The minimum Gasteiger partial charge on any atom is -0.469 e. The summed E-state index contributed by atoms with van der Waals surface area (Å²) in [7, 11) is 1.58. The number of nitrogens with one attached hydrogen (secondary N) is 1. The van der Waals surface area contributed by atoms with Crippen LogP contribution in [0.25, 0.3) is 0 Å². The number of amides is 1. The van der Waals surface area contributed by atoms with Crippen LogP contribution < -0.4 is 11.1 Å². The molecule has 0 bridgehead atoms. The second-order valence-electron chi connectivity index (χ2n) is 3.51. The molecule has 0 radical (unpaired) electrons. The number of hydrogen-bond acceptors (Lipinski definition) is 4. The molecule has 0 fully saturated rings. The Bertz CT molecular complexity index is 298. The lowest BCUT2D eigenvalue weighted by atomic mass is 10.2. The number of rotatable bonds is 7.